The van der Waals surface area contributed by atoms with Crippen molar-refractivity contribution >= 4 is 28.6 Å². The van der Waals surface area contributed by atoms with Crippen LogP contribution in [0.25, 0.3) is 22.0 Å². The molecular formula is C22H22N2O2S. The summed E-state index contributed by atoms with van der Waals surface area (Å²) in [4.78, 5) is 16.8. The van der Waals surface area contributed by atoms with Crippen molar-refractivity contribution in [3.63, 3.8) is 0 Å². The lowest BCUT2D eigenvalue weighted by Crippen LogP contribution is -2.27. The molecule has 27 heavy (non-hydrogen) atoms. The van der Waals surface area contributed by atoms with Crippen LogP contribution in [-0.4, -0.2) is 30.3 Å². The van der Waals surface area contributed by atoms with Gasteiger partial charge in [0.2, 0.25) is 5.91 Å². The lowest BCUT2D eigenvalue weighted by Gasteiger charge is -2.11. The fraction of sp³-hybridized carbons (Fsp3) is 0.273. The molecule has 1 fully saturated rings. The maximum Gasteiger partial charge on any atom is 0.230 e. The third-order valence-corrected chi connectivity index (χ3v) is 5.63. The number of aromatic nitrogens is 1. The first kappa shape index (κ1) is 17.9. The van der Waals surface area contributed by atoms with E-state index in [1.165, 1.54) is 24.6 Å². The van der Waals surface area contributed by atoms with E-state index in [2.05, 4.69) is 23.5 Å². The fourth-order valence-electron chi connectivity index (χ4n) is 3.01. The molecule has 1 N–H and O–H groups in total. The highest BCUT2D eigenvalue weighted by Gasteiger charge is 2.21. The summed E-state index contributed by atoms with van der Waals surface area (Å²) in [6.07, 6.45) is 2.48. The summed E-state index contributed by atoms with van der Waals surface area (Å²) in [6.45, 7) is 0.803. The zero-order valence-electron chi connectivity index (χ0n) is 15.3. The summed E-state index contributed by atoms with van der Waals surface area (Å²) < 4.78 is 5.36. The van der Waals surface area contributed by atoms with Crippen LogP contribution in [0, 0.1) is 5.92 Å². The average molecular weight is 378 g/mol. The molecule has 1 heterocycles. The molecule has 138 valence electrons. The number of thioether (sulfide) groups is 1. The molecule has 0 atom stereocenters. The molecule has 0 unspecified atom stereocenters. The van der Waals surface area contributed by atoms with E-state index < -0.39 is 0 Å². The first-order valence-corrected chi connectivity index (χ1v) is 10.2. The van der Waals surface area contributed by atoms with Crippen molar-refractivity contribution in [2.75, 3.05) is 19.4 Å². The van der Waals surface area contributed by atoms with Gasteiger partial charge in [0.15, 0.2) is 0 Å². The number of nitrogens with one attached hydrogen (secondary N) is 1. The first-order valence-electron chi connectivity index (χ1n) is 9.16. The number of benzene rings is 2. The highest BCUT2D eigenvalue weighted by molar-refractivity contribution is 7.99. The predicted molar refractivity (Wildman–Crippen MR) is 110 cm³/mol. The van der Waals surface area contributed by atoms with Crippen molar-refractivity contribution in [2.24, 2.45) is 5.92 Å². The number of amides is 1. The van der Waals surface area contributed by atoms with E-state index >= 15 is 0 Å². The van der Waals surface area contributed by atoms with E-state index in [1.807, 2.05) is 36.4 Å². The molecule has 0 bridgehead atoms. The molecule has 2 aromatic carbocycles. The quantitative estimate of drug-likeness (QED) is 0.614. The molecule has 0 spiro atoms. The predicted octanol–water partition coefficient (Wildman–Crippen LogP) is 4.53. The number of fused-ring (bicyclic) bond motifs is 1. The van der Waals surface area contributed by atoms with Gasteiger partial charge in [0.1, 0.15) is 5.75 Å². The Morgan fingerprint density at radius 2 is 2.00 bits per heavy atom. The molecule has 5 heteroatoms. The number of pyridine rings is 1. The smallest absolute Gasteiger partial charge is 0.230 e. The highest BCUT2D eigenvalue weighted by atomic mass is 32.2. The van der Waals surface area contributed by atoms with E-state index in [0.29, 0.717) is 11.7 Å². The van der Waals surface area contributed by atoms with E-state index in [-0.39, 0.29) is 5.91 Å². The molecule has 0 radical (unpaired) electrons. The second kappa shape index (κ2) is 8.01. The average Bonchev–Trinajstić information content (AvgIpc) is 3.54. The molecule has 1 aromatic heterocycles. The molecular weight excluding hydrogens is 356 g/mol. The van der Waals surface area contributed by atoms with Crippen LogP contribution < -0.4 is 10.1 Å². The largest absolute Gasteiger partial charge is 0.497 e. The Hall–Kier alpha value is -2.53. The lowest BCUT2D eigenvalue weighted by molar-refractivity contribution is -0.118. The number of rotatable bonds is 7. The summed E-state index contributed by atoms with van der Waals surface area (Å²) in [6, 6.07) is 18.3. The molecule has 0 saturated heterocycles. The zero-order chi connectivity index (χ0) is 18.6. The van der Waals surface area contributed by atoms with Gasteiger partial charge in [-0.05, 0) is 48.1 Å². The summed E-state index contributed by atoms with van der Waals surface area (Å²) in [5.74, 6) is 1.91. The Balaban J connectivity index is 1.62. The second-order valence-electron chi connectivity index (χ2n) is 6.79. The number of methoxy groups -OCH3 is 1. The van der Waals surface area contributed by atoms with Crippen LogP contribution in [-0.2, 0) is 4.79 Å². The van der Waals surface area contributed by atoms with Gasteiger partial charge in [-0.15, -0.1) is 0 Å². The molecule has 1 aliphatic rings. The topological polar surface area (TPSA) is 51.2 Å². The Bertz CT molecular complexity index is 955. The molecule has 3 aromatic rings. The van der Waals surface area contributed by atoms with Gasteiger partial charge in [-0.1, -0.05) is 42.1 Å². The van der Waals surface area contributed by atoms with Crippen LogP contribution in [0.2, 0.25) is 0 Å². The van der Waals surface area contributed by atoms with Gasteiger partial charge in [0, 0.05) is 18.0 Å². The van der Waals surface area contributed by atoms with Crippen molar-refractivity contribution in [3.05, 3.63) is 54.6 Å². The minimum absolute atomic E-state index is 0.0701. The van der Waals surface area contributed by atoms with E-state index in [1.54, 1.807) is 7.11 Å². The third kappa shape index (κ3) is 4.42. The first-order chi connectivity index (χ1) is 13.2. The molecule has 4 nitrogen and oxygen atoms in total. The maximum absolute atomic E-state index is 12.1. The van der Waals surface area contributed by atoms with Gasteiger partial charge < -0.3 is 10.1 Å². The van der Waals surface area contributed by atoms with Crippen molar-refractivity contribution in [1.82, 2.24) is 10.3 Å². The summed E-state index contributed by atoms with van der Waals surface area (Å²) in [5, 5.41) is 4.93. The highest BCUT2D eigenvalue weighted by Crippen LogP contribution is 2.33. The summed E-state index contributed by atoms with van der Waals surface area (Å²) >= 11 is 1.47. The maximum atomic E-state index is 12.1. The van der Waals surface area contributed by atoms with Crippen molar-refractivity contribution in [2.45, 2.75) is 17.9 Å². The molecule has 1 aliphatic carbocycles. The van der Waals surface area contributed by atoms with Crippen LogP contribution in [0.3, 0.4) is 0 Å². The second-order valence-corrected chi connectivity index (χ2v) is 7.79. The minimum atomic E-state index is 0.0701. The van der Waals surface area contributed by atoms with Crippen LogP contribution >= 0.6 is 11.8 Å². The zero-order valence-corrected chi connectivity index (χ0v) is 16.1. The van der Waals surface area contributed by atoms with Gasteiger partial charge in [-0.2, -0.15) is 0 Å². The van der Waals surface area contributed by atoms with Gasteiger partial charge >= 0.3 is 0 Å². The number of ether oxygens (including phenoxy) is 1. The normalized spacial score (nSPS) is 13.5. The van der Waals surface area contributed by atoms with E-state index in [0.717, 1.165) is 39.4 Å². The molecule has 1 saturated carbocycles. The Labute approximate surface area is 163 Å². The molecule has 0 aliphatic heterocycles. The van der Waals surface area contributed by atoms with Crippen molar-refractivity contribution in [1.29, 1.82) is 0 Å². The SMILES string of the molecule is COc1ccc2c(-c3ccccc3)cc(SCC(=O)NCC3CC3)nc2c1. The van der Waals surface area contributed by atoms with Gasteiger partial charge in [0.25, 0.3) is 0 Å². The molecule has 1 amide bonds. The van der Waals surface area contributed by atoms with E-state index in [9.17, 15) is 4.79 Å². The van der Waals surface area contributed by atoms with Gasteiger partial charge in [-0.3, -0.25) is 4.79 Å². The van der Waals surface area contributed by atoms with Gasteiger partial charge in [-0.25, -0.2) is 4.98 Å². The van der Waals surface area contributed by atoms with Crippen LogP contribution in [0.5, 0.6) is 5.75 Å². The number of carbonyl (C=O) groups is 1. The number of hydrogen-bond acceptors (Lipinski definition) is 4. The number of carbonyl (C=O) groups excluding carboxylic acids is 1. The number of hydrogen-bond donors (Lipinski definition) is 1. The van der Waals surface area contributed by atoms with Crippen molar-refractivity contribution in [3.8, 4) is 16.9 Å². The Morgan fingerprint density at radius 1 is 1.19 bits per heavy atom. The monoisotopic (exact) mass is 378 g/mol. The van der Waals surface area contributed by atoms with Crippen LogP contribution in [0.4, 0.5) is 0 Å². The Kier molecular flexibility index (Phi) is 5.30. The summed E-state index contributed by atoms with van der Waals surface area (Å²) in [7, 11) is 1.65. The standard InChI is InChI=1S/C22H22N2O2S/c1-26-17-9-10-18-19(16-5-3-2-4-6-16)12-22(24-20(18)11-17)27-14-21(25)23-13-15-7-8-15/h2-6,9-12,15H,7-8,13-14H2,1H3,(H,23,25). The summed E-state index contributed by atoms with van der Waals surface area (Å²) in [5.41, 5.74) is 3.12. The van der Waals surface area contributed by atoms with Crippen molar-refractivity contribution < 1.29 is 9.53 Å². The number of nitrogens with zero attached hydrogens (tertiary/aromatic N) is 1. The van der Waals surface area contributed by atoms with E-state index in [4.69, 9.17) is 9.72 Å². The lowest BCUT2D eigenvalue weighted by atomic mass is 10.0. The van der Waals surface area contributed by atoms with Crippen LogP contribution in [0.15, 0.2) is 59.6 Å². The molecule has 4 rings (SSSR count). The fourth-order valence-corrected chi connectivity index (χ4v) is 3.76. The van der Waals surface area contributed by atoms with Crippen LogP contribution in [0.1, 0.15) is 12.8 Å². The third-order valence-electron chi connectivity index (χ3n) is 4.71. The van der Waals surface area contributed by atoms with Gasteiger partial charge in [0.05, 0.1) is 23.4 Å². The minimum Gasteiger partial charge on any atom is -0.497 e. The Morgan fingerprint density at radius 3 is 2.74 bits per heavy atom.